The fraction of sp³-hybridized carbons (Fsp3) is 0.889. The van der Waals surface area contributed by atoms with Gasteiger partial charge in [0.15, 0.2) is 0 Å². The van der Waals surface area contributed by atoms with Crippen molar-refractivity contribution >= 4 is 5.97 Å². The van der Waals surface area contributed by atoms with Crippen LogP contribution in [0, 0.1) is 5.41 Å². The van der Waals surface area contributed by atoms with Crippen molar-refractivity contribution in [3.63, 3.8) is 0 Å². The minimum Gasteiger partial charge on any atom is -0.466 e. The standard InChI is InChI=1S/C9H16O3/c1-4-11-8(10)5-7-9(2,3)6-12-7/h7H,4-6H2,1-3H3. The van der Waals surface area contributed by atoms with Gasteiger partial charge in [0.05, 0.1) is 25.7 Å². The second-order valence-corrected chi connectivity index (χ2v) is 3.80. The molecule has 0 aliphatic carbocycles. The Morgan fingerprint density at radius 2 is 2.33 bits per heavy atom. The lowest BCUT2D eigenvalue weighted by atomic mass is 9.81. The van der Waals surface area contributed by atoms with Crippen molar-refractivity contribution in [3.8, 4) is 0 Å². The Hall–Kier alpha value is -0.570. The molecule has 0 bridgehead atoms. The van der Waals surface area contributed by atoms with Gasteiger partial charge in [-0.05, 0) is 6.92 Å². The first-order valence-electron chi connectivity index (χ1n) is 4.33. The average molecular weight is 172 g/mol. The molecule has 1 saturated heterocycles. The molecule has 1 rings (SSSR count). The molecule has 1 heterocycles. The van der Waals surface area contributed by atoms with E-state index in [-0.39, 0.29) is 17.5 Å². The highest BCUT2D eigenvalue weighted by Crippen LogP contribution is 2.35. The van der Waals surface area contributed by atoms with Gasteiger partial charge in [-0.25, -0.2) is 0 Å². The summed E-state index contributed by atoms with van der Waals surface area (Å²) in [5.74, 6) is -0.157. The molecule has 0 aromatic rings. The van der Waals surface area contributed by atoms with Gasteiger partial charge in [-0.1, -0.05) is 13.8 Å². The Labute approximate surface area is 73.0 Å². The van der Waals surface area contributed by atoms with Crippen molar-refractivity contribution in [1.29, 1.82) is 0 Å². The normalized spacial score (nSPS) is 26.1. The van der Waals surface area contributed by atoms with Gasteiger partial charge in [-0.15, -0.1) is 0 Å². The van der Waals surface area contributed by atoms with E-state index in [2.05, 4.69) is 13.8 Å². The summed E-state index contributed by atoms with van der Waals surface area (Å²) in [6.45, 7) is 7.20. The molecule has 1 aliphatic heterocycles. The zero-order valence-corrected chi connectivity index (χ0v) is 7.92. The van der Waals surface area contributed by atoms with Crippen molar-refractivity contribution in [2.75, 3.05) is 13.2 Å². The predicted molar refractivity (Wildman–Crippen MR) is 44.8 cm³/mol. The second kappa shape index (κ2) is 3.44. The largest absolute Gasteiger partial charge is 0.466 e. The summed E-state index contributed by atoms with van der Waals surface area (Å²) in [6.07, 6.45) is 0.442. The molecule has 0 N–H and O–H groups in total. The van der Waals surface area contributed by atoms with Crippen LogP contribution in [0.4, 0.5) is 0 Å². The molecular weight excluding hydrogens is 156 g/mol. The molecule has 0 spiro atoms. The molecule has 0 saturated carbocycles. The van der Waals surface area contributed by atoms with Crippen LogP contribution in [0.5, 0.6) is 0 Å². The SMILES string of the molecule is CCOC(=O)CC1OCC1(C)C. The molecule has 1 fully saturated rings. The molecule has 70 valence electrons. The van der Waals surface area contributed by atoms with E-state index in [1.807, 2.05) is 6.92 Å². The molecule has 3 nitrogen and oxygen atoms in total. The van der Waals surface area contributed by atoms with Gasteiger partial charge in [-0.2, -0.15) is 0 Å². The third kappa shape index (κ3) is 1.97. The first kappa shape index (κ1) is 9.52. The lowest BCUT2D eigenvalue weighted by Gasteiger charge is -2.43. The van der Waals surface area contributed by atoms with Gasteiger partial charge in [0, 0.05) is 5.41 Å². The summed E-state index contributed by atoms with van der Waals surface area (Å²) in [5.41, 5.74) is 0.146. The number of rotatable bonds is 3. The monoisotopic (exact) mass is 172 g/mol. The van der Waals surface area contributed by atoms with E-state index in [4.69, 9.17) is 9.47 Å². The third-order valence-corrected chi connectivity index (χ3v) is 2.19. The fourth-order valence-electron chi connectivity index (χ4n) is 1.24. The molecule has 12 heavy (non-hydrogen) atoms. The lowest BCUT2D eigenvalue weighted by Crippen LogP contribution is -2.48. The van der Waals surface area contributed by atoms with E-state index < -0.39 is 0 Å². The molecule has 1 aliphatic rings. The minimum atomic E-state index is -0.157. The Kier molecular flexibility index (Phi) is 2.73. The van der Waals surface area contributed by atoms with Crippen LogP contribution in [0.25, 0.3) is 0 Å². The Balaban J connectivity index is 2.28. The van der Waals surface area contributed by atoms with Crippen LogP contribution >= 0.6 is 0 Å². The number of esters is 1. The van der Waals surface area contributed by atoms with Crippen molar-refractivity contribution in [2.24, 2.45) is 5.41 Å². The average Bonchev–Trinajstić information content (AvgIpc) is 1.99. The summed E-state index contributed by atoms with van der Waals surface area (Å²) in [4.78, 5) is 11.0. The maximum absolute atomic E-state index is 11.0. The number of carbonyl (C=O) groups excluding carboxylic acids is 1. The Morgan fingerprint density at radius 3 is 2.67 bits per heavy atom. The number of hydrogen-bond donors (Lipinski definition) is 0. The quantitative estimate of drug-likeness (QED) is 0.603. The summed E-state index contributed by atoms with van der Waals surface area (Å²) >= 11 is 0. The van der Waals surface area contributed by atoms with Crippen LogP contribution in [0.1, 0.15) is 27.2 Å². The van der Waals surface area contributed by atoms with Gasteiger partial charge in [-0.3, -0.25) is 4.79 Å². The van der Waals surface area contributed by atoms with E-state index >= 15 is 0 Å². The summed E-state index contributed by atoms with van der Waals surface area (Å²) in [7, 11) is 0. The second-order valence-electron chi connectivity index (χ2n) is 3.80. The van der Waals surface area contributed by atoms with E-state index in [0.29, 0.717) is 13.0 Å². The molecule has 0 aromatic heterocycles. The Morgan fingerprint density at radius 1 is 1.67 bits per heavy atom. The maximum atomic E-state index is 11.0. The first-order chi connectivity index (χ1) is 5.56. The number of carbonyl (C=O) groups is 1. The van der Waals surface area contributed by atoms with Crippen molar-refractivity contribution in [1.82, 2.24) is 0 Å². The zero-order chi connectivity index (χ0) is 9.19. The van der Waals surface area contributed by atoms with E-state index in [0.717, 1.165) is 6.61 Å². The van der Waals surface area contributed by atoms with E-state index in [1.54, 1.807) is 0 Å². The molecule has 0 radical (unpaired) electrons. The zero-order valence-electron chi connectivity index (χ0n) is 7.92. The highest BCUT2D eigenvalue weighted by Gasteiger charge is 2.41. The summed E-state index contributed by atoms with van der Waals surface area (Å²) in [5, 5.41) is 0. The highest BCUT2D eigenvalue weighted by molar-refractivity contribution is 5.70. The maximum Gasteiger partial charge on any atom is 0.308 e. The van der Waals surface area contributed by atoms with Crippen molar-refractivity contribution in [3.05, 3.63) is 0 Å². The van der Waals surface area contributed by atoms with Crippen molar-refractivity contribution in [2.45, 2.75) is 33.3 Å². The molecule has 0 aromatic carbocycles. The smallest absolute Gasteiger partial charge is 0.308 e. The lowest BCUT2D eigenvalue weighted by molar-refractivity contribution is -0.184. The van der Waals surface area contributed by atoms with E-state index in [9.17, 15) is 4.79 Å². The van der Waals surface area contributed by atoms with Crippen LogP contribution in [0.3, 0.4) is 0 Å². The topological polar surface area (TPSA) is 35.5 Å². The van der Waals surface area contributed by atoms with Gasteiger partial charge >= 0.3 is 5.97 Å². The summed E-state index contributed by atoms with van der Waals surface area (Å²) < 4.78 is 10.1. The van der Waals surface area contributed by atoms with Gasteiger partial charge < -0.3 is 9.47 Å². The van der Waals surface area contributed by atoms with Crippen LogP contribution in [-0.4, -0.2) is 25.3 Å². The van der Waals surface area contributed by atoms with Gasteiger partial charge in [0.2, 0.25) is 0 Å². The predicted octanol–water partition coefficient (Wildman–Crippen LogP) is 1.36. The Bertz CT molecular complexity index is 175. The van der Waals surface area contributed by atoms with Gasteiger partial charge in [0.1, 0.15) is 0 Å². The van der Waals surface area contributed by atoms with Crippen LogP contribution in [-0.2, 0) is 14.3 Å². The van der Waals surface area contributed by atoms with Crippen LogP contribution < -0.4 is 0 Å². The summed E-state index contributed by atoms with van der Waals surface area (Å²) in [6, 6.07) is 0. The number of hydrogen-bond acceptors (Lipinski definition) is 3. The molecule has 1 unspecified atom stereocenters. The number of ether oxygens (including phenoxy) is 2. The third-order valence-electron chi connectivity index (χ3n) is 2.19. The first-order valence-corrected chi connectivity index (χ1v) is 4.33. The highest BCUT2D eigenvalue weighted by atomic mass is 16.5. The molecule has 0 amide bonds. The molecular formula is C9H16O3. The minimum absolute atomic E-state index is 0.0524. The van der Waals surface area contributed by atoms with E-state index in [1.165, 1.54) is 0 Å². The molecule has 3 heteroatoms. The van der Waals surface area contributed by atoms with Crippen molar-refractivity contribution < 1.29 is 14.3 Å². The van der Waals surface area contributed by atoms with Gasteiger partial charge in [0.25, 0.3) is 0 Å². The fourth-order valence-corrected chi connectivity index (χ4v) is 1.24. The molecule has 1 atom stereocenters. The van der Waals surface area contributed by atoms with Crippen LogP contribution in [0.2, 0.25) is 0 Å². The van der Waals surface area contributed by atoms with Crippen LogP contribution in [0.15, 0.2) is 0 Å².